The van der Waals surface area contributed by atoms with Crippen LogP contribution in [0, 0.1) is 29.9 Å². The van der Waals surface area contributed by atoms with Crippen molar-refractivity contribution < 1.29 is 14.5 Å². The van der Waals surface area contributed by atoms with Crippen molar-refractivity contribution in [2.75, 3.05) is 18.4 Å². The van der Waals surface area contributed by atoms with E-state index in [-0.39, 0.29) is 29.8 Å². The van der Waals surface area contributed by atoms with Crippen LogP contribution in [0.5, 0.6) is 0 Å². The molecule has 1 aromatic carbocycles. The summed E-state index contributed by atoms with van der Waals surface area (Å²) in [6.07, 6.45) is 1.53. The number of nitro groups is 1. The van der Waals surface area contributed by atoms with E-state index in [1.54, 1.807) is 24.8 Å². The minimum atomic E-state index is -0.463. The zero-order valence-electron chi connectivity index (χ0n) is 13.2. The second-order valence-electron chi connectivity index (χ2n) is 5.78. The van der Waals surface area contributed by atoms with Gasteiger partial charge < -0.3 is 10.2 Å². The Balaban J connectivity index is 1.96. The van der Waals surface area contributed by atoms with E-state index in [4.69, 9.17) is 0 Å². The Kier molecular flexibility index (Phi) is 4.78. The number of nitrogens with zero attached hydrogens (tertiary/aromatic N) is 2. The summed E-state index contributed by atoms with van der Waals surface area (Å²) in [6, 6.07) is 3.07. The fourth-order valence-electron chi connectivity index (χ4n) is 2.64. The lowest BCUT2D eigenvalue weighted by Gasteiger charge is -2.38. The van der Waals surface area contributed by atoms with Crippen LogP contribution in [0.15, 0.2) is 24.8 Å². The van der Waals surface area contributed by atoms with Gasteiger partial charge in [-0.25, -0.2) is 0 Å². The fraction of sp³-hybridized carbons (Fsp3) is 0.375. The minimum Gasteiger partial charge on any atom is -0.338 e. The first kappa shape index (κ1) is 16.7. The van der Waals surface area contributed by atoms with Gasteiger partial charge in [0.1, 0.15) is 0 Å². The highest BCUT2D eigenvalue weighted by Crippen LogP contribution is 2.27. The SMILES string of the molecule is C=CC(=O)N1CC(CC(=O)Nc2cc([N+](=O)[O-])c(C)cc2C)C1. The molecule has 2 rings (SSSR count). The number of rotatable bonds is 5. The highest BCUT2D eigenvalue weighted by Gasteiger charge is 2.31. The molecule has 1 N–H and O–H groups in total. The first-order valence-corrected chi connectivity index (χ1v) is 7.28. The number of hydrogen-bond acceptors (Lipinski definition) is 4. The molecular weight excluding hydrogens is 298 g/mol. The number of benzene rings is 1. The van der Waals surface area contributed by atoms with Crippen molar-refractivity contribution in [2.24, 2.45) is 5.92 Å². The Morgan fingerprint density at radius 2 is 2.04 bits per heavy atom. The van der Waals surface area contributed by atoms with Crippen LogP contribution in [0.3, 0.4) is 0 Å². The van der Waals surface area contributed by atoms with E-state index in [2.05, 4.69) is 11.9 Å². The summed E-state index contributed by atoms with van der Waals surface area (Å²) in [4.78, 5) is 35.5. The molecule has 0 atom stereocenters. The molecule has 1 fully saturated rings. The Morgan fingerprint density at radius 1 is 1.39 bits per heavy atom. The van der Waals surface area contributed by atoms with E-state index in [0.717, 1.165) is 5.56 Å². The Hall–Kier alpha value is -2.70. The zero-order valence-corrected chi connectivity index (χ0v) is 13.2. The van der Waals surface area contributed by atoms with Crippen molar-refractivity contribution in [2.45, 2.75) is 20.3 Å². The summed E-state index contributed by atoms with van der Waals surface area (Å²) >= 11 is 0. The number of aryl methyl sites for hydroxylation is 2. The smallest absolute Gasteiger partial charge is 0.274 e. The van der Waals surface area contributed by atoms with Crippen molar-refractivity contribution in [3.63, 3.8) is 0 Å². The van der Waals surface area contributed by atoms with Gasteiger partial charge in [-0.2, -0.15) is 0 Å². The van der Waals surface area contributed by atoms with Crippen LogP contribution in [-0.4, -0.2) is 34.7 Å². The van der Waals surface area contributed by atoms with Crippen LogP contribution in [0.1, 0.15) is 17.5 Å². The molecule has 0 unspecified atom stereocenters. The number of likely N-dealkylation sites (tertiary alicyclic amines) is 1. The highest BCUT2D eigenvalue weighted by atomic mass is 16.6. The van der Waals surface area contributed by atoms with Gasteiger partial charge in [0.25, 0.3) is 5.69 Å². The molecule has 1 saturated heterocycles. The summed E-state index contributed by atoms with van der Waals surface area (Å²) in [6.45, 7) is 7.94. The third kappa shape index (κ3) is 3.74. The minimum absolute atomic E-state index is 0.0164. The Morgan fingerprint density at radius 3 is 2.61 bits per heavy atom. The topological polar surface area (TPSA) is 92.6 Å². The molecule has 0 saturated carbocycles. The molecule has 0 spiro atoms. The number of hydrogen-bond donors (Lipinski definition) is 1. The molecule has 23 heavy (non-hydrogen) atoms. The number of nitrogens with one attached hydrogen (secondary N) is 1. The molecule has 0 radical (unpaired) electrons. The zero-order chi connectivity index (χ0) is 17.1. The first-order chi connectivity index (χ1) is 10.8. The predicted octanol–water partition coefficient (Wildman–Crippen LogP) is 2.18. The lowest BCUT2D eigenvalue weighted by atomic mass is 9.95. The number of carbonyl (C=O) groups excluding carboxylic acids is 2. The maximum absolute atomic E-state index is 12.1. The van der Waals surface area contributed by atoms with E-state index < -0.39 is 4.92 Å². The molecule has 7 nitrogen and oxygen atoms in total. The quantitative estimate of drug-likeness (QED) is 0.512. The Labute approximate surface area is 134 Å². The molecule has 0 aromatic heterocycles. The molecule has 122 valence electrons. The average molecular weight is 317 g/mol. The molecule has 2 amide bonds. The second-order valence-corrected chi connectivity index (χ2v) is 5.78. The van der Waals surface area contributed by atoms with E-state index in [0.29, 0.717) is 24.3 Å². The van der Waals surface area contributed by atoms with E-state index in [9.17, 15) is 19.7 Å². The predicted molar refractivity (Wildman–Crippen MR) is 86.1 cm³/mol. The van der Waals surface area contributed by atoms with Crippen LogP contribution in [0.25, 0.3) is 0 Å². The Bertz CT molecular complexity index is 678. The van der Waals surface area contributed by atoms with Crippen LogP contribution in [-0.2, 0) is 9.59 Å². The maximum atomic E-state index is 12.1. The van der Waals surface area contributed by atoms with Gasteiger partial charge >= 0.3 is 0 Å². The molecule has 0 aliphatic carbocycles. The molecule has 1 heterocycles. The molecule has 1 aliphatic rings. The van der Waals surface area contributed by atoms with Crippen LogP contribution in [0.2, 0.25) is 0 Å². The monoisotopic (exact) mass is 317 g/mol. The van der Waals surface area contributed by atoms with Crippen molar-refractivity contribution in [1.29, 1.82) is 0 Å². The number of amides is 2. The van der Waals surface area contributed by atoms with Gasteiger partial charge in [-0.15, -0.1) is 0 Å². The van der Waals surface area contributed by atoms with Gasteiger partial charge in [-0.3, -0.25) is 19.7 Å². The van der Waals surface area contributed by atoms with E-state index >= 15 is 0 Å². The number of nitro benzene ring substituents is 1. The van der Waals surface area contributed by atoms with Gasteiger partial charge in [0, 0.05) is 37.1 Å². The largest absolute Gasteiger partial charge is 0.338 e. The van der Waals surface area contributed by atoms with Gasteiger partial charge in [0.15, 0.2) is 0 Å². The summed E-state index contributed by atoms with van der Waals surface area (Å²) < 4.78 is 0. The van der Waals surface area contributed by atoms with Gasteiger partial charge in [-0.05, 0) is 31.6 Å². The molecule has 7 heteroatoms. The number of carbonyl (C=O) groups is 2. The maximum Gasteiger partial charge on any atom is 0.274 e. The van der Waals surface area contributed by atoms with Gasteiger partial charge in [-0.1, -0.05) is 6.58 Å². The van der Waals surface area contributed by atoms with Crippen molar-refractivity contribution in [1.82, 2.24) is 4.90 Å². The first-order valence-electron chi connectivity index (χ1n) is 7.28. The van der Waals surface area contributed by atoms with Crippen molar-refractivity contribution in [3.05, 3.63) is 46.0 Å². The van der Waals surface area contributed by atoms with E-state index in [1.807, 2.05) is 0 Å². The van der Waals surface area contributed by atoms with Gasteiger partial charge in [0.2, 0.25) is 11.8 Å². The lowest BCUT2D eigenvalue weighted by molar-refractivity contribution is -0.385. The summed E-state index contributed by atoms with van der Waals surface area (Å²) in [5.41, 5.74) is 1.77. The summed E-state index contributed by atoms with van der Waals surface area (Å²) in [5.74, 6) is -0.228. The van der Waals surface area contributed by atoms with Crippen LogP contribution >= 0.6 is 0 Å². The highest BCUT2D eigenvalue weighted by molar-refractivity contribution is 5.93. The number of anilines is 1. The van der Waals surface area contributed by atoms with E-state index in [1.165, 1.54) is 12.1 Å². The third-order valence-electron chi connectivity index (χ3n) is 3.93. The second kappa shape index (κ2) is 6.60. The molecule has 1 aliphatic heterocycles. The fourth-order valence-corrected chi connectivity index (χ4v) is 2.64. The third-order valence-corrected chi connectivity index (χ3v) is 3.93. The van der Waals surface area contributed by atoms with Gasteiger partial charge in [0.05, 0.1) is 10.6 Å². The normalized spacial score (nSPS) is 14.1. The van der Waals surface area contributed by atoms with Crippen molar-refractivity contribution >= 4 is 23.2 Å². The lowest BCUT2D eigenvalue weighted by Crippen LogP contribution is -2.50. The summed E-state index contributed by atoms with van der Waals surface area (Å²) in [7, 11) is 0. The molecule has 1 aromatic rings. The molecule has 0 bridgehead atoms. The standard InChI is InChI=1S/C16H19N3O4/c1-4-16(21)18-8-12(9-18)6-15(20)17-13-7-14(19(22)23)11(3)5-10(13)2/h4-5,7,12H,1,6,8-9H2,2-3H3,(H,17,20). The summed E-state index contributed by atoms with van der Waals surface area (Å²) in [5, 5.41) is 13.7. The van der Waals surface area contributed by atoms with Crippen LogP contribution < -0.4 is 5.32 Å². The van der Waals surface area contributed by atoms with Crippen LogP contribution in [0.4, 0.5) is 11.4 Å². The average Bonchev–Trinajstić information content (AvgIpc) is 2.44. The molecular formula is C16H19N3O4. The van der Waals surface area contributed by atoms with Crippen molar-refractivity contribution in [3.8, 4) is 0 Å².